The van der Waals surface area contributed by atoms with E-state index in [1.54, 1.807) is 7.11 Å². The fourth-order valence-corrected chi connectivity index (χ4v) is 5.13. The zero-order chi connectivity index (χ0) is 13.8. The highest BCUT2D eigenvalue weighted by Gasteiger charge is 2.25. The van der Waals surface area contributed by atoms with Crippen molar-refractivity contribution < 1.29 is 9.47 Å². The third kappa shape index (κ3) is 3.38. The Balaban J connectivity index is 1.63. The first-order valence-electron chi connectivity index (χ1n) is 7.07. The van der Waals surface area contributed by atoms with Crippen LogP contribution in [0.1, 0.15) is 5.56 Å². The van der Waals surface area contributed by atoms with Gasteiger partial charge in [0.05, 0.1) is 7.11 Å². The van der Waals surface area contributed by atoms with Crippen LogP contribution in [0.2, 0.25) is 0 Å². The van der Waals surface area contributed by atoms with Crippen LogP contribution in [0.4, 0.5) is 0 Å². The van der Waals surface area contributed by atoms with Crippen molar-refractivity contribution in [2.75, 3.05) is 36.7 Å². The van der Waals surface area contributed by atoms with Crippen LogP contribution in [0.25, 0.3) is 0 Å². The van der Waals surface area contributed by atoms with Gasteiger partial charge in [-0.2, -0.15) is 23.5 Å². The van der Waals surface area contributed by atoms with Crippen LogP contribution in [0.5, 0.6) is 11.5 Å². The maximum atomic E-state index is 5.93. The lowest BCUT2D eigenvalue weighted by atomic mass is 10.0. The molecular formula is C15H21NO2S2. The second-order valence-electron chi connectivity index (χ2n) is 5.17. The van der Waals surface area contributed by atoms with Gasteiger partial charge in [-0.1, -0.05) is 12.1 Å². The van der Waals surface area contributed by atoms with Crippen LogP contribution in [0, 0.1) is 0 Å². The van der Waals surface area contributed by atoms with Crippen molar-refractivity contribution in [2.45, 2.75) is 18.5 Å². The summed E-state index contributed by atoms with van der Waals surface area (Å²) in [5.74, 6) is 6.77. The number of hydrogen-bond acceptors (Lipinski definition) is 5. The summed E-state index contributed by atoms with van der Waals surface area (Å²) in [5.41, 5.74) is 1.25. The number of para-hydroxylation sites is 1. The van der Waals surface area contributed by atoms with Gasteiger partial charge >= 0.3 is 0 Å². The van der Waals surface area contributed by atoms with E-state index < -0.39 is 0 Å². The predicted octanol–water partition coefficient (Wildman–Crippen LogP) is 2.44. The van der Waals surface area contributed by atoms with Gasteiger partial charge in [0.25, 0.3) is 0 Å². The van der Waals surface area contributed by atoms with E-state index in [2.05, 4.69) is 34.9 Å². The van der Waals surface area contributed by atoms with E-state index in [1.807, 2.05) is 12.1 Å². The van der Waals surface area contributed by atoms with Crippen molar-refractivity contribution >= 4 is 23.5 Å². The van der Waals surface area contributed by atoms with E-state index in [-0.39, 0.29) is 0 Å². The highest BCUT2D eigenvalue weighted by atomic mass is 32.2. The summed E-state index contributed by atoms with van der Waals surface area (Å²) >= 11 is 4.12. The minimum atomic E-state index is 0.416. The third-order valence-corrected chi connectivity index (χ3v) is 6.18. The smallest absolute Gasteiger partial charge is 0.164 e. The van der Waals surface area contributed by atoms with Crippen LogP contribution in [0.3, 0.4) is 0 Å². The minimum absolute atomic E-state index is 0.416. The molecule has 110 valence electrons. The zero-order valence-electron chi connectivity index (χ0n) is 11.8. The Morgan fingerprint density at radius 3 is 2.75 bits per heavy atom. The molecule has 3 rings (SSSR count). The number of methoxy groups -OCH3 is 1. The molecule has 0 radical (unpaired) electrons. The molecule has 1 fully saturated rings. The SMILES string of the molecule is COc1cccc2c1OCC(NC1CSCCSC1)C2. The zero-order valence-corrected chi connectivity index (χ0v) is 13.4. The van der Waals surface area contributed by atoms with Gasteiger partial charge in [0.2, 0.25) is 0 Å². The quantitative estimate of drug-likeness (QED) is 0.926. The molecule has 0 bridgehead atoms. The predicted molar refractivity (Wildman–Crippen MR) is 87.6 cm³/mol. The van der Waals surface area contributed by atoms with E-state index in [0.29, 0.717) is 12.1 Å². The number of fused-ring (bicyclic) bond motifs is 1. The Morgan fingerprint density at radius 2 is 2.00 bits per heavy atom. The summed E-state index contributed by atoms with van der Waals surface area (Å²) in [6, 6.07) is 7.17. The van der Waals surface area contributed by atoms with Gasteiger partial charge in [0, 0.05) is 35.1 Å². The molecule has 1 unspecified atom stereocenters. The minimum Gasteiger partial charge on any atom is -0.493 e. The molecular weight excluding hydrogens is 290 g/mol. The summed E-state index contributed by atoms with van der Waals surface area (Å²) in [7, 11) is 1.70. The standard InChI is InChI=1S/C15H21NO2S2/c1-17-14-4-2-3-11-7-12(8-18-15(11)14)16-13-9-19-5-6-20-10-13/h2-4,12-13,16H,5-10H2,1H3. The van der Waals surface area contributed by atoms with Gasteiger partial charge in [0.15, 0.2) is 11.5 Å². The van der Waals surface area contributed by atoms with Crippen molar-refractivity contribution in [2.24, 2.45) is 0 Å². The number of benzene rings is 1. The largest absolute Gasteiger partial charge is 0.493 e. The summed E-state index contributed by atoms with van der Waals surface area (Å²) in [6.07, 6.45) is 1.03. The van der Waals surface area contributed by atoms with Crippen LogP contribution >= 0.6 is 23.5 Å². The molecule has 1 N–H and O–H groups in total. The van der Waals surface area contributed by atoms with Crippen molar-refractivity contribution in [3.8, 4) is 11.5 Å². The molecule has 2 aliphatic heterocycles. The Labute approximate surface area is 129 Å². The topological polar surface area (TPSA) is 30.5 Å². The van der Waals surface area contributed by atoms with Crippen LogP contribution in [-0.2, 0) is 6.42 Å². The van der Waals surface area contributed by atoms with Gasteiger partial charge in [-0.15, -0.1) is 0 Å². The number of rotatable bonds is 3. The molecule has 1 aromatic carbocycles. The van der Waals surface area contributed by atoms with E-state index in [0.717, 1.165) is 24.5 Å². The highest BCUT2D eigenvalue weighted by molar-refractivity contribution is 8.03. The first-order valence-corrected chi connectivity index (χ1v) is 9.38. The second kappa shape index (κ2) is 6.96. The summed E-state index contributed by atoms with van der Waals surface area (Å²) in [4.78, 5) is 0. The van der Waals surface area contributed by atoms with Crippen molar-refractivity contribution in [1.29, 1.82) is 0 Å². The maximum Gasteiger partial charge on any atom is 0.164 e. The first-order chi connectivity index (χ1) is 9.86. The Morgan fingerprint density at radius 1 is 1.20 bits per heavy atom. The molecule has 2 heterocycles. The molecule has 5 heteroatoms. The van der Waals surface area contributed by atoms with Crippen molar-refractivity contribution in [1.82, 2.24) is 5.32 Å². The monoisotopic (exact) mass is 311 g/mol. The lowest BCUT2D eigenvalue weighted by molar-refractivity contribution is 0.222. The summed E-state index contributed by atoms with van der Waals surface area (Å²) in [6.45, 7) is 0.735. The van der Waals surface area contributed by atoms with Crippen LogP contribution in [0.15, 0.2) is 18.2 Å². The number of thioether (sulfide) groups is 2. The van der Waals surface area contributed by atoms with Gasteiger partial charge in [-0.05, 0) is 18.1 Å². The third-order valence-electron chi connectivity index (χ3n) is 3.66. The molecule has 1 atom stereocenters. The van der Waals surface area contributed by atoms with Gasteiger partial charge in [-0.3, -0.25) is 0 Å². The molecule has 2 aliphatic rings. The Hall–Kier alpha value is -0.520. The van der Waals surface area contributed by atoms with E-state index in [4.69, 9.17) is 9.47 Å². The molecule has 0 saturated carbocycles. The molecule has 0 aromatic heterocycles. The first kappa shape index (κ1) is 14.4. The second-order valence-corrected chi connectivity index (χ2v) is 7.47. The van der Waals surface area contributed by atoms with Crippen molar-refractivity contribution in [3.63, 3.8) is 0 Å². The number of ether oxygens (including phenoxy) is 2. The van der Waals surface area contributed by atoms with E-state index in [1.165, 1.54) is 28.6 Å². The Bertz CT molecular complexity index is 447. The molecule has 1 aromatic rings. The molecule has 20 heavy (non-hydrogen) atoms. The fourth-order valence-electron chi connectivity index (χ4n) is 2.71. The summed E-state index contributed by atoms with van der Waals surface area (Å²) in [5, 5.41) is 3.77. The van der Waals surface area contributed by atoms with Gasteiger partial charge in [-0.25, -0.2) is 0 Å². The van der Waals surface area contributed by atoms with E-state index >= 15 is 0 Å². The fraction of sp³-hybridized carbons (Fsp3) is 0.600. The van der Waals surface area contributed by atoms with E-state index in [9.17, 15) is 0 Å². The molecule has 3 nitrogen and oxygen atoms in total. The number of nitrogens with one attached hydrogen (secondary N) is 1. The molecule has 0 spiro atoms. The normalized spacial score (nSPS) is 23.6. The lowest BCUT2D eigenvalue weighted by Crippen LogP contribution is -2.47. The highest BCUT2D eigenvalue weighted by Crippen LogP contribution is 2.34. The van der Waals surface area contributed by atoms with Crippen LogP contribution < -0.4 is 14.8 Å². The van der Waals surface area contributed by atoms with Crippen molar-refractivity contribution in [3.05, 3.63) is 23.8 Å². The average Bonchev–Trinajstić information content (AvgIpc) is 2.75. The Kier molecular flexibility index (Phi) is 5.02. The summed E-state index contributed by atoms with van der Waals surface area (Å²) < 4.78 is 11.3. The molecule has 0 amide bonds. The molecule has 0 aliphatic carbocycles. The average molecular weight is 311 g/mol. The molecule has 1 saturated heterocycles. The van der Waals surface area contributed by atoms with Crippen LogP contribution in [-0.4, -0.2) is 48.8 Å². The van der Waals surface area contributed by atoms with Gasteiger partial charge < -0.3 is 14.8 Å². The number of hydrogen-bond donors (Lipinski definition) is 1. The van der Waals surface area contributed by atoms with Gasteiger partial charge in [0.1, 0.15) is 6.61 Å². The lowest BCUT2D eigenvalue weighted by Gasteiger charge is -2.30. The maximum absolute atomic E-state index is 5.93.